The Hall–Kier alpha value is -2.51. The van der Waals surface area contributed by atoms with Crippen molar-refractivity contribution in [1.29, 1.82) is 0 Å². The van der Waals surface area contributed by atoms with Crippen LogP contribution in [-0.4, -0.2) is 25.5 Å². The first kappa shape index (κ1) is 21.2. The fourth-order valence-corrected chi connectivity index (χ4v) is 3.53. The lowest BCUT2D eigenvalue weighted by Crippen LogP contribution is -2.18. The van der Waals surface area contributed by atoms with Gasteiger partial charge in [0.15, 0.2) is 23.3 Å². The van der Waals surface area contributed by atoms with E-state index in [1.54, 1.807) is 7.05 Å². The highest BCUT2D eigenvalue weighted by molar-refractivity contribution is 14.1. The van der Waals surface area contributed by atoms with Crippen molar-refractivity contribution in [2.45, 2.75) is 20.4 Å². The van der Waals surface area contributed by atoms with Gasteiger partial charge in [0, 0.05) is 7.05 Å². The molecule has 0 radical (unpaired) electrons. The van der Waals surface area contributed by atoms with Gasteiger partial charge in [-0.25, -0.2) is 22.0 Å². The number of hydrogen-bond donors (Lipinski definition) is 1. The van der Waals surface area contributed by atoms with Crippen LogP contribution in [0, 0.1) is 46.5 Å². The highest BCUT2D eigenvalue weighted by atomic mass is 127. The van der Waals surface area contributed by atoms with Crippen LogP contribution in [0.1, 0.15) is 27.4 Å². The maximum atomic E-state index is 14.0. The standard InChI is InChI=1S/C17H13F5IN5O/c1-6-15(25-17(29)16-9(23)4-24-27(16)3)7(2)28(26-6)5-8-10(18)12(20)14(22)13(21)11(8)19/h4H,5H2,1-3H3,(H,25,29). The van der Waals surface area contributed by atoms with Crippen LogP contribution in [0.25, 0.3) is 0 Å². The number of anilines is 1. The fraction of sp³-hybridized carbons (Fsp3) is 0.235. The number of rotatable bonds is 4. The van der Waals surface area contributed by atoms with Crippen molar-refractivity contribution in [3.63, 3.8) is 0 Å². The van der Waals surface area contributed by atoms with Crippen molar-refractivity contribution in [2.24, 2.45) is 7.05 Å². The SMILES string of the molecule is Cc1nn(Cc2c(F)c(F)c(F)c(F)c2F)c(C)c1NC(=O)c1c(I)cnn1C. The van der Waals surface area contributed by atoms with Gasteiger partial charge < -0.3 is 5.32 Å². The number of aromatic nitrogens is 4. The minimum absolute atomic E-state index is 0.260. The van der Waals surface area contributed by atoms with E-state index in [2.05, 4.69) is 15.5 Å². The highest BCUT2D eigenvalue weighted by Gasteiger charge is 2.27. The second kappa shape index (κ2) is 7.72. The van der Waals surface area contributed by atoms with Crippen LogP contribution in [0.2, 0.25) is 0 Å². The lowest BCUT2D eigenvalue weighted by Gasteiger charge is -2.10. The van der Waals surface area contributed by atoms with Gasteiger partial charge in [-0.05, 0) is 36.4 Å². The lowest BCUT2D eigenvalue weighted by atomic mass is 10.1. The topological polar surface area (TPSA) is 64.7 Å². The average Bonchev–Trinajstić information content (AvgIpc) is 3.14. The minimum Gasteiger partial charge on any atom is -0.317 e. The normalized spacial score (nSPS) is 11.2. The first-order valence-electron chi connectivity index (χ1n) is 8.07. The Morgan fingerprint density at radius 1 is 1.07 bits per heavy atom. The number of benzene rings is 1. The molecule has 0 bridgehead atoms. The van der Waals surface area contributed by atoms with E-state index in [-0.39, 0.29) is 17.1 Å². The number of nitrogens with one attached hydrogen (secondary N) is 1. The maximum Gasteiger partial charge on any atom is 0.275 e. The third-order valence-electron chi connectivity index (χ3n) is 4.34. The number of carbonyl (C=O) groups is 1. The third kappa shape index (κ3) is 3.60. The molecule has 29 heavy (non-hydrogen) atoms. The van der Waals surface area contributed by atoms with Gasteiger partial charge in [0.2, 0.25) is 5.82 Å². The maximum absolute atomic E-state index is 14.0. The van der Waals surface area contributed by atoms with Crippen LogP contribution in [0.15, 0.2) is 6.20 Å². The van der Waals surface area contributed by atoms with Crippen LogP contribution in [0.3, 0.4) is 0 Å². The molecule has 2 aromatic heterocycles. The van der Waals surface area contributed by atoms with Gasteiger partial charge in [-0.15, -0.1) is 0 Å². The number of aryl methyl sites for hydroxylation is 2. The van der Waals surface area contributed by atoms with Crippen LogP contribution in [0.4, 0.5) is 27.6 Å². The van der Waals surface area contributed by atoms with E-state index in [1.165, 1.54) is 24.7 Å². The first-order valence-corrected chi connectivity index (χ1v) is 9.15. The van der Waals surface area contributed by atoms with Gasteiger partial charge in [0.05, 0.1) is 39.0 Å². The molecule has 0 unspecified atom stereocenters. The largest absolute Gasteiger partial charge is 0.317 e. The Morgan fingerprint density at radius 2 is 1.62 bits per heavy atom. The van der Waals surface area contributed by atoms with Crippen molar-refractivity contribution in [2.75, 3.05) is 5.32 Å². The van der Waals surface area contributed by atoms with E-state index in [9.17, 15) is 26.7 Å². The van der Waals surface area contributed by atoms with E-state index in [0.717, 1.165) is 4.68 Å². The van der Waals surface area contributed by atoms with Crippen molar-refractivity contribution in [1.82, 2.24) is 19.6 Å². The summed E-state index contributed by atoms with van der Waals surface area (Å²) in [5.74, 6) is -10.6. The fourth-order valence-electron chi connectivity index (χ4n) is 2.81. The molecule has 1 aromatic carbocycles. The summed E-state index contributed by atoms with van der Waals surface area (Å²) >= 11 is 1.94. The molecule has 2 heterocycles. The monoisotopic (exact) mass is 525 g/mol. The summed E-state index contributed by atoms with van der Waals surface area (Å²) in [4.78, 5) is 12.5. The molecule has 0 spiro atoms. The van der Waals surface area contributed by atoms with E-state index in [0.29, 0.717) is 9.26 Å². The van der Waals surface area contributed by atoms with Gasteiger partial charge in [0.25, 0.3) is 5.91 Å². The average molecular weight is 525 g/mol. The predicted octanol–water partition coefficient (Wildman–Crippen LogP) is 3.83. The van der Waals surface area contributed by atoms with E-state index >= 15 is 0 Å². The Kier molecular flexibility index (Phi) is 5.65. The van der Waals surface area contributed by atoms with Crippen LogP contribution >= 0.6 is 22.6 Å². The van der Waals surface area contributed by atoms with Crippen LogP contribution in [0.5, 0.6) is 0 Å². The Balaban J connectivity index is 1.97. The van der Waals surface area contributed by atoms with Gasteiger partial charge in [-0.3, -0.25) is 14.2 Å². The lowest BCUT2D eigenvalue weighted by molar-refractivity contribution is 0.101. The molecule has 0 aliphatic heterocycles. The second-order valence-corrected chi connectivity index (χ2v) is 7.33. The minimum atomic E-state index is -2.23. The van der Waals surface area contributed by atoms with Crippen molar-refractivity contribution >= 4 is 34.2 Å². The summed E-state index contributed by atoms with van der Waals surface area (Å²) in [6, 6.07) is 0. The summed E-state index contributed by atoms with van der Waals surface area (Å²) < 4.78 is 71.1. The van der Waals surface area contributed by atoms with Crippen LogP contribution in [-0.2, 0) is 13.6 Å². The van der Waals surface area contributed by atoms with Gasteiger partial charge >= 0.3 is 0 Å². The summed E-state index contributed by atoms with van der Waals surface area (Å²) in [6.45, 7) is 2.32. The summed E-state index contributed by atoms with van der Waals surface area (Å²) in [5.41, 5.74) is 0.104. The van der Waals surface area contributed by atoms with Crippen molar-refractivity contribution < 1.29 is 26.7 Å². The molecular formula is C17H13F5IN5O. The molecule has 154 valence electrons. The molecule has 0 aliphatic carbocycles. The summed E-state index contributed by atoms with van der Waals surface area (Å²) in [6.07, 6.45) is 1.50. The van der Waals surface area contributed by atoms with E-state index in [4.69, 9.17) is 0 Å². The Bertz CT molecular complexity index is 1090. The molecule has 0 aliphatic rings. The zero-order valence-corrected chi connectivity index (χ0v) is 17.4. The molecule has 3 aromatic rings. The molecule has 0 saturated carbocycles. The summed E-state index contributed by atoms with van der Waals surface area (Å²) in [5, 5.41) is 10.7. The molecule has 6 nitrogen and oxygen atoms in total. The van der Waals surface area contributed by atoms with Crippen LogP contribution < -0.4 is 5.32 Å². The summed E-state index contributed by atoms with van der Waals surface area (Å²) in [7, 11) is 1.59. The van der Waals surface area contributed by atoms with E-state index < -0.39 is 47.1 Å². The number of nitrogens with zero attached hydrogens (tertiary/aromatic N) is 4. The van der Waals surface area contributed by atoms with Crippen molar-refractivity contribution in [3.05, 3.63) is 61.5 Å². The molecule has 1 amide bonds. The smallest absolute Gasteiger partial charge is 0.275 e. The molecule has 0 atom stereocenters. The highest BCUT2D eigenvalue weighted by Crippen LogP contribution is 2.26. The Labute approximate surface area is 174 Å². The molecule has 12 heteroatoms. The van der Waals surface area contributed by atoms with Gasteiger partial charge in [-0.1, -0.05) is 0 Å². The zero-order chi connectivity index (χ0) is 21.6. The number of hydrogen-bond acceptors (Lipinski definition) is 3. The van der Waals surface area contributed by atoms with Gasteiger partial charge in [0.1, 0.15) is 5.69 Å². The number of halogens is 6. The van der Waals surface area contributed by atoms with Crippen molar-refractivity contribution in [3.8, 4) is 0 Å². The molecular weight excluding hydrogens is 512 g/mol. The molecule has 1 N–H and O–H groups in total. The zero-order valence-electron chi connectivity index (χ0n) is 15.2. The first-order chi connectivity index (χ1) is 13.5. The quantitative estimate of drug-likeness (QED) is 0.244. The third-order valence-corrected chi connectivity index (χ3v) is 5.13. The number of carbonyl (C=O) groups excluding carboxylic acids is 1. The molecule has 0 fully saturated rings. The molecule has 3 rings (SSSR count). The van der Waals surface area contributed by atoms with Gasteiger partial charge in [-0.2, -0.15) is 10.2 Å². The predicted molar refractivity (Wildman–Crippen MR) is 101 cm³/mol. The van der Waals surface area contributed by atoms with E-state index in [1.807, 2.05) is 22.6 Å². The number of amides is 1. The second-order valence-electron chi connectivity index (χ2n) is 6.17. The molecule has 0 saturated heterocycles. The Morgan fingerprint density at radius 3 is 2.14 bits per heavy atom.